The van der Waals surface area contributed by atoms with Crippen LogP contribution in [-0.4, -0.2) is 35.4 Å². The molecule has 146 valence electrons. The van der Waals surface area contributed by atoms with Gasteiger partial charge in [-0.1, -0.05) is 24.3 Å². The molecule has 7 heteroatoms. The molecule has 0 spiro atoms. The number of benzene rings is 1. The quantitative estimate of drug-likeness (QED) is 0.417. The molecule has 0 atom stereocenters. The topological polar surface area (TPSA) is 59.5 Å². The van der Waals surface area contributed by atoms with Crippen LogP contribution in [0, 0.1) is 0 Å². The monoisotopic (exact) mass is 422 g/mol. The third-order valence-electron chi connectivity index (χ3n) is 4.46. The summed E-state index contributed by atoms with van der Waals surface area (Å²) in [6, 6.07) is 15.0. The minimum Gasteiger partial charge on any atom is -0.452 e. The van der Waals surface area contributed by atoms with Crippen LogP contribution >= 0.6 is 22.7 Å². The standard InChI is InChI=1S/C22H18N2O3S2/c1-24(12-15-8-10-28-14-15)21(25)13-27-22(26)17-11-19(20-7-4-9-29-20)23-18-6-3-2-5-16(17)18/h2-11,14H,12-13H2,1H3. The Kier molecular flexibility index (Phi) is 5.69. The van der Waals surface area contributed by atoms with Crippen molar-refractivity contribution in [3.05, 3.63) is 75.8 Å². The fourth-order valence-electron chi connectivity index (χ4n) is 2.95. The minimum absolute atomic E-state index is 0.249. The lowest BCUT2D eigenvalue weighted by atomic mass is 10.1. The Bertz CT molecular complexity index is 1140. The van der Waals surface area contributed by atoms with E-state index < -0.39 is 5.97 Å². The van der Waals surface area contributed by atoms with Crippen LogP contribution in [0.1, 0.15) is 15.9 Å². The third-order valence-corrected chi connectivity index (χ3v) is 6.09. The van der Waals surface area contributed by atoms with Crippen molar-refractivity contribution in [3.63, 3.8) is 0 Å². The average Bonchev–Trinajstić information content (AvgIpc) is 3.45. The van der Waals surface area contributed by atoms with Crippen molar-refractivity contribution in [2.24, 2.45) is 0 Å². The number of hydrogen-bond acceptors (Lipinski definition) is 6. The summed E-state index contributed by atoms with van der Waals surface area (Å²) in [5, 5.41) is 6.63. The van der Waals surface area contributed by atoms with Crippen LogP contribution in [0.3, 0.4) is 0 Å². The molecule has 1 amide bonds. The van der Waals surface area contributed by atoms with Gasteiger partial charge in [-0.15, -0.1) is 11.3 Å². The molecule has 29 heavy (non-hydrogen) atoms. The molecule has 0 N–H and O–H groups in total. The Morgan fingerprint density at radius 3 is 2.72 bits per heavy atom. The fraction of sp³-hybridized carbons (Fsp3) is 0.136. The molecular weight excluding hydrogens is 404 g/mol. The smallest absolute Gasteiger partial charge is 0.339 e. The first-order valence-electron chi connectivity index (χ1n) is 8.97. The van der Waals surface area contributed by atoms with E-state index in [9.17, 15) is 9.59 Å². The van der Waals surface area contributed by atoms with Gasteiger partial charge >= 0.3 is 5.97 Å². The van der Waals surface area contributed by atoms with Crippen molar-refractivity contribution in [2.45, 2.75) is 6.54 Å². The maximum Gasteiger partial charge on any atom is 0.339 e. The predicted octanol–water partition coefficient (Wildman–Crippen LogP) is 4.84. The number of rotatable bonds is 6. The maximum atomic E-state index is 12.8. The number of pyridine rings is 1. The Morgan fingerprint density at radius 2 is 1.97 bits per heavy atom. The highest BCUT2D eigenvalue weighted by atomic mass is 32.1. The molecule has 4 aromatic rings. The number of thiophene rings is 2. The number of carbonyl (C=O) groups excluding carboxylic acids is 2. The van der Waals surface area contributed by atoms with Gasteiger partial charge < -0.3 is 9.64 Å². The first-order valence-corrected chi connectivity index (χ1v) is 10.8. The number of ether oxygens (including phenoxy) is 1. The van der Waals surface area contributed by atoms with Gasteiger partial charge in [-0.05, 0) is 46.0 Å². The van der Waals surface area contributed by atoms with E-state index >= 15 is 0 Å². The van der Waals surface area contributed by atoms with Crippen LogP contribution < -0.4 is 0 Å². The van der Waals surface area contributed by atoms with E-state index in [2.05, 4.69) is 4.98 Å². The lowest BCUT2D eigenvalue weighted by Gasteiger charge is -2.16. The molecule has 3 aromatic heterocycles. The molecule has 5 nitrogen and oxygen atoms in total. The Morgan fingerprint density at radius 1 is 1.10 bits per heavy atom. The third kappa shape index (κ3) is 4.36. The summed E-state index contributed by atoms with van der Waals surface area (Å²) in [5.41, 5.74) is 2.89. The van der Waals surface area contributed by atoms with Crippen LogP contribution in [0.2, 0.25) is 0 Å². The number of nitrogens with zero attached hydrogens (tertiary/aromatic N) is 2. The molecule has 0 fully saturated rings. The molecule has 0 aliphatic heterocycles. The molecule has 1 aromatic carbocycles. The van der Waals surface area contributed by atoms with Crippen molar-refractivity contribution >= 4 is 45.5 Å². The van der Waals surface area contributed by atoms with Gasteiger partial charge in [0.15, 0.2) is 6.61 Å². The van der Waals surface area contributed by atoms with E-state index in [0.29, 0.717) is 28.7 Å². The molecule has 0 radical (unpaired) electrons. The van der Waals surface area contributed by atoms with E-state index in [4.69, 9.17) is 4.74 Å². The van der Waals surface area contributed by atoms with Crippen LogP contribution in [-0.2, 0) is 16.1 Å². The van der Waals surface area contributed by atoms with Crippen molar-refractivity contribution in [2.75, 3.05) is 13.7 Å². The zero-order valence-electron chi connectivity index (χ0n) is 15.7. The Hall–Kier alpha value is -3.03. The normalized spacial score (nSPS) is 10.8. The molecular formula is C22H18N2O3S2. The number of para-hydroxylation sites is 1. The predicted molar refractivity (Wildman–Crippen MR) is 116 cm³/mol. The van der Waals surface area contributed by atoms with Gasteiger partial charge in [0.25, 0.3) is 5.91 Å². The van der Waals surface area contributed by atoms with Gasteiger partial charge in [0.05, 0.1) is 21.7 Å². The molecule has 0 saturated carbocycles. The Labute approximate surface area is 176 Å². The number of hydrogen-bond donors (Lipinski definition) is 0. The summed E-state index contributed by atoms with van der Waals surface area (Å²) < 4.78 is 5.36. The first-order chi connectivity index (χ1) is 14.1. The van der Waals surface area contributed by atoms with Gasteiger partial charge in [0.2, 0.25) is 0 Å². The highest BCUT2D eigenvalue weighted by molar-refractivity contribution is 7.13. The summed E-state index contributed by atoms with van der Waals surface area (Å²) in [7, 11) is 1.70. The van der Waals surface area contributed by atoms with Crippen molar-refractivity contribution < 1.29 is 14.3 Å². The van der Waals surface area contributed by atoms with Gasteiger partial charge in [0, 0.05) is 19.0 Å². The molecule has 3 heterocycles. The summed E-state index contributed by atoms with van der Waals surface area (Å²) >= 11 is 3.14. The average molecular weight is 423 g/mol. The number of fused-ring (bicyclic) bond motifs is 1. The molecule has 0 aliphatic carbocycles. The number of esters is 1. The lowest BCUT2D eigenvalue weighted by molar-refractivity contribution is -0.133. The van der Waals surface area contributed by atoms with E-state index in [0.717, 1.165) is 10.4 Å². The zero-order valence-corrected chi connectivity index (χ0v) is 17.3. The molecule has 0 unspecified atom stereocenters. The van der Waals surface area contributed by atoms with Gasteiger partial charge in [-0.2, -0.15) is 11.3 Å². The second-order valence-electron chi connectivity index (χ2n) is 6.51. The fourth-order valence-corrected chi connectivity index (χ4v) is 4.30. The highest BCUT2D eigenvalue weighted by Crippen LogP contribution is 2.28. The van der Waals surface area contributed by atoms with Crippen molar-refractivity contribution in [1.82, 2.24) is 9.88 Å². The first kappa shape index (κ1) is 19.3. The number of likely N-dealkylation sites (N-methyl/N-ethyl adjacent to an activating group) is 1. The van der Waals surface area contributed by atoms with E-state index in [-0.39, 0.29) is 12.5 Å². The van der Waals surface area contributed by atoms with Crippen LogP contribution in [0.15, 0.2) is 64.7 Å². The van der Waals surface area contributed by atoms with Crippen molar-refractivity contribution in [1.29, 1.82) is 0 Å². The molecule has 4 rings (SSSR count). The summed E-state index contributed by atoms with van der Waals surface area (Å²) in [4.78, 5) is 32.3. The molecule has 0 bridgehead atoms. The minimum atomic E-state index is -0.529. The van der Waals surface area contributed by atoms with Gasteiger partial charge in [0.1, 0.15) is 0 Å². The largest absolute Gasteiger partial charge is 0.452 e. The summed E-state index contributed by atoms with van der Waals surface area (Å²) in [5.74, 6) is -0.778. The highest BCUT2D eigenvalue weighted by Gasteiger charge is 2.18. The van der Waals surface area contributed by atoms with E-state index in [1.54, 1.807) is 40.7 Å². The number of carbonyl (C=O) groups is 2. The number of aromatic nitrogens is 1. The van der Waals surface area contributed by atoms with Crippen molar-refractivity contribution in [3.8, 4) is 10.6 Å². The summed E-state index contributed by atoms with van der Waals surface area (Å²) in [6.07, 6.45) is 0. The van der Waals surface area contributed by atoms with Gasteiger partial charge in [-0.3, -0.25) is 4.79 Å². The maximum absolute atomic E-state index is 12.8. The van der Waals surface area contributed by atoms with Crippen LogP contribution in [0.25, 0.3) is 21.5 Å². The molecule has 0 saturated heterocycles. The Balaban J connectivity index is 1.52. The number of amides is 1. The second kappa shape index (κ2) is 8.55. The van der Waals surface area contributed by atoms with Gasteiger partial charge in [-0.25, -0.2) is 9.78 Å². The SMILES string of the molecule is CN(Cc1ccsc1)C(=O)COC(=O)c1cc(-c2cccs2)nc2ccccc12. The van der Waals surface area contributed by atoms with Crippen LogP contribution in [0.4, 0.5) is 0 Å². The van der Waals surface area contributed by atoms with E-state index in [1.165, 1.54) is 0 Å². The lowest BCUT2D eigenvalue weighted by Crippen LogP contribution is -2.30. The zero-order chi connectivity index (χ0) is 20.2. The second-order valence-corrected chi connectivity index (χ2v) is 8.23. The molecule has 0 aliphatic rings. The van der Waals surface area contributed by atoms with Crippen LogP contribution in [0.5, 0.6) is 0 Å². The van der Waals surface area contributed by atoms with E-state index in [1.807, 2.05) is 58.6 Å². The summed E-state index contributed by atoms with van der Waals surface area (Å²) in [6.45, 7) is 0.186.